The number of amides is 1. The van der Waals surface area contributed by atoms with Gasteiger partial charge >= 0.3 is 0 Å². The Bertz CT molecular complexity index is 481. The monoisotopic (exact) mass is 280 g/mol. The van der Waals surface area contributed by atoms with Crippen LogP contribution in [0.15, 0.2) is 24.3 Å². The Kier molecular flexibility index (Phi) is 3.88. The second-order valence-electron chi connectivity index (χ2n) is 6.10. The largest absolute Gasteiger partial charge is 0.329 e. The summed E-state index contributed by atoms with van der Waals surface area (Å²) in [5, 5.41) is 0.673. The van der Waals surface area contributed by atoms with Gasteiger partial charge in [0, 0.05) is 23.0 Å². The number of nitrogens with zero attached hydrogens (tertiary/aromatic N) is 1. The molecular weight excluding hydrogens is 260 g/mol. The summed E-state index contributed by atoms with van der Waals surface area (Å²) in [5.41, 5.74) is 6.96. The molecule has 0 aromatic heterocycles. The maximum Gasteiger partial charge on any atom is 0.223 e. The van der Waals surface area contributed by atoms with Crippen molar-refractivity contribution >= 4 is 17.5 Å². The van der Waals surface area contributed by atoms with E-state index in [0.29, 0.717) is 17.9 Å². The molecule has 1 amide bonds. The lowest BCUT2D eigenvalue weighted by atomic mass is 9.86. The van der Waals surface area contributed by atoms with Crippen LogP contribution in [0.4, 0.5) is 0 Å². The third-order valence-corrected chi connectivity index (χ3v) is 3.93. The fourth-order valence-corrected chi connectivity index (χ4v) is 3.04. The van der Waals surface area contributed by atoms with Crippen molar-refractivity contribution in [3.8, 4) is 0 Å². The van der Waals surface area contributed by atoms with Gasteiger partial charge in [0.25, 0.3) is 0 Å². The van der Waals surface area contributed by atoms with E-state index < -0.39 is 0 Å². The maximum absolute atomic E-state index is 12.3. The maximum atomic E-state index is 12.3. The highest BCUT2D eigenvalue weighted by molar-refractivity contribution is 6.31. The minimum Gasteiger partial charge on any atom is -0.329 e. The van der Waals surface area contributed by atoms with Gasteiger partial charge in [-0.05, 0) is 38.8 Å². The van der Waals surface area contributed by atoms with Crippen LogP contribution in [0, 0.1) is 0 Å². The Hall–Kier alpha value is -1.06. The number of carbonyl (C=O) groups excluding carboxylic acids is 1. The summed E-state index contributed by atoms with van der Waals surface area (Å²) >= 11 is 6.29. The van der Waals surface area contributed by atoms with Gasteiger partial charge in [-0.2, -0.15) is 0 Å². The van der Waals surface area contributed by atoms with Crippen molar-refractivity contribution in [3.05, 3.63) is 34.9 Å². The third kappa shape index (κ3) is 2.77. The molecule has 1 aromatic carbocycles. The van der Waals surface area contributed by atoms with E-state index in [1.807, 2.05) is 49.9 Å². The van der Waals surface area contributed by atoms with Crippen molar-refractivity contribution in [3.63, 3.8) is 0 Å². The molecule has 1 aromatic rings. The summed E-state index contributed by atoms with van der Waals surface area (Å²) in [4.78, 5) is 14.2. The Labute approximate surface area is 119 Å². The molecule has 2 unspecified atom stereocenters. The Morgan fingerprint density at radius 3 is 2.53 bits per heavy atom. The van der Waals surface area contributed by atoms with E-state index in [0.717, 1.165) is 5.56 Å². The molecule has 1 saturated heterocycles. The number of rotatable bonds is 1. The molecule has 2 N–H and O–H groups in total. The fourth-order valence-electron chi connectivity index (χ4n) is 2.79. The molecule has 19 heavy (non-hydrogen) atoms. The second kappa shape index (κ2) is 5.14. The molecule has 0 bridgehead atoms. The Balaban J connectivity index is 2.49. The second-order valence-corrected chi connectivity index (χ2v) is 6.51. The average Bonchev–Trinajstić information content (AvgIpc) is 2.31. The minimum atomic E-state index is -0.265. The van der Waals surface area contributed by atoms with E-state index in [-0.39, 0.29) is 23.5 Å². The Morgan fingerprint density at radius 2 is 1.95 bits per heavy atom. The van der Waals surface area contributed by atoms with E-state index in [1.54, 1.807) is 0 Å². The van der Waals surface area contributed by atoms with Gasteiger partial charge in [-0.15, -0.1) is 0 Å². The lowest BCUT2D eigenvalue weighted by Crippen LogP contribution is -2.56. The predicted molar refractivity (Wildman–Crippen MR) is 78.0 cm³/mol. The van der Waals surface area contributed by atoms with Crippen LogP contribution in [0.25, 0.3) is 0 Å². The normalized spacial score (nSPS) is 24.7. The van der Waals surface area contributed by atoms with E-state index in [1.165, 1.54) is 0 Å². The number of nitrogens with two attached hydrogens (primary N) is 1. The lowest BCUT2D eigenvalue weighted by Gasteiger charge is -2.47. The molecule has 0 spiro atoms. The molecule has 1 aliphatic rings. The van der Waals surface area contributed by atoms with Crippen molar-refractivity contribution in [1.82, 2.24) is 4.90 Å². The van der Waals surface area contributed by atoms with Gasteiger partial charge in [-0.3, -0.25) is 4.79 Å². The fraction of sp³-hybridized carbons (Fsp3) is 0.533. The highest BCUT2D eigenvalue weighted by atomic mass is 35.5. The molecule has 1 fully saturated rings. The summed E-state index contributed by atoms with van der Waals surface area (Å²) in [6.45, 7) is 6.10. The summed E-state index contributed by atoms with van der Waals surface area (Å²) in [7, 11) is 0. The van der Waals surface area contributed by atoms with E-state index >= 15 is 0 Å². The molecule has 2 atom stereocenters. The van der Waals surface area contributed by atoms with Crippen LogP contribution in [-0.4, -0.2) is 22.4 Å². The van der Waals surface area contributed by atoms with Crippen LogP contribution < -0.4 is 5.73 Å². The molecule has 0 radical (unpaired) electrons. The van der Waals surface area contributed by atoms with Crippen molar-refractivity contribution in [1.29, 1.82) is 0 Å². The predicted octanol–water partition coefficient (Wildman–Crippen LogP) is 3.13. The molecule has 0 saturated carbocycles. The molecule has 104 valence electrons. The molecule has 3 nitrogen and oxygen atoms in total. The first-order chi connectivity index (χ1) is 8.82. The highest BCUT2D eigenvalue weighted by Crippen LogP contribution is 2.38. The van der Waals surface area contributed by atoms with E-state index in [9.17, 15) is 4.79 Å². The lowest BCUT2D eigenvalue weighted by molar-refractivity contribution is -0.144. The molecule has 4 heteroatoms. The van der Waals surface area contributed by atoms with Gasteiger partial charge in [0.1, 0.15) is 0 Å². The summed E-state index contributed by atoms with van der Waals surface area (Å²) in [6, 6.07) is 7.43. The number of benzene rings is 1. The van der Waals surface area contributed by atoms with Crippen LogP contribution >= 0.6 is 11.6 Å². The van der Waals surface area contributed by atoms with Crippen molar-refractivity contribution < 1.29 is 4.79 Å². The summed E-state index contributed by atoms with van der Waals surface area (Å²) in [5.74, 6) is 0.152. The Morgan fingerprint density at radius 1 is 1.32 bits per heavy atom. The average molecular weight is 281 g/mol. The third-order valence-electron chi connectivity index (χ3n) is 3.59. The van der Waals surface area contributed by atoms with Crippen molar-refractivity contribution in [2.75, 3.05) is 0 Å². The van der Waals surface area contributed by atoms with Gasteiger partial charge in [0.15, 0.2) is 0 Å². The zero-order valence-corrected chi connectivity index (χ0v) is 12.4. The molecule has 1 heterocycles. The summed E-state index contributed by atoms with van der Waals surface area (Å²) < 4.78 is 0. The number of hydrogen-bond acceptors (Lipinski definition) is 2. The quantitative estimate of drug-likeness (QED) is 0.859. The molecule has 0 aliphatic carbocycles. The topological polar surface area (TPSA) is 46.3 Å². The first-order valence-electron chi connectivity index (χ1n) is 6.64. The van der Waals surface area contributed by atoms with Crippen LogP contribution in [-0.2, 0) is 4.79 Å². The minimum absolute atomic E-state index is 0.0724. The van der Waals surface area contributed by atoms with Gasteiger partial charge in [0.2, 0.25) is 5.91 Å². The van der Waals surface area contributed by atoms with Gasteiger partial charge in [-0.25, -0.2) is 0 Å². The molecule has 1 aliphatic heterocycles. The van der Waals surface area contributed by atoms with Crippen LogP contribution in [0.1, 0.15) is 45.2 Å². The number of hydrogen-bond donors (Lipinski definition) is 1. The van der Waals surface area contributed by atoms with Gasteiger partial charge in [-0.1, -0.05) is 29.8 Å². The zero-order valence-electron chi connectivity index (χ0n) is 11.7. The standard InChI is InChI=1S/C15H21ClN2O/c1-15(2,3)18-13(19)9-8-12(17)14(18)10-6-4-5-7-11(10)16/h4-7,12,14H,8-9,17H2,1-3H3. The highest BCUT2D eigenvalue weighted by Gasteiger charge is 2.41. The molecule has 2 rings (SSSR count). The van der Waals surface area contributed by atoms with Crippen LogP contribution in [0.2, 0.25) is 5.02 Å². The van der Waals surface area contributed by atoms with E-state index in [4.69, 9.17) is 17.3 Å². The number of halogens is 1. The van der Waals surface area contributed by atoms with Crippen LogP contribution in [0.3, 0.4) is 0 Å². The number of likely N-dealkylation sites (tertiary alicyclic amines) is 1. The summed E-state index contributed by atoms with van der Waals surface area (Å²) in [6.07, 6.45) is 1.22. The zero-order chi connectivity index (χ0) is 14.2. The first-order valence-corrected chi connectivity index (χ1v) is 7.02. The molecular formula is C15H21ClN2O. The number of carbonyl (C=O) groups is 1. The SMILES string of the molecule is CC(C)(C)N1C(=O)CCC(N)C1c1ccccc1Cl. The van der Waals surface area contributed by atoms with Gasteiger partial charge < -0.3 is 10.6 Å². The van der Waals surface area contributed by atoms with Crippen molar-refractivity contribution in [2.24, 2.45) is 5.73 Å². The van der Waals surface area contributed by atoms with E-state index in [2.05, 4.69) is 0 Å². The van der Waals surface area contributed by atoms with Crippen molar-refractivity contribution in [2.45, 2.75) is 51.2 Å². The first kappa shape index (κ1) is 14.4. The number of piperidine rings is 1. The van der Waals surface area contributed by atoms with Crippen LogP contribution in [0.5, 0.6) is 0 Å². The smallest absolute Gasteiger partial charge is 0.223 e. The van der Waals surface area contributed by atoms with Gasteiger partial charge in [0.05, 0.1) is 6.04 Å².